The van der Waals surface area contributed by atoms with Crippen LogP contribution in [0.2, 0.25) is 0 Å². The number of aliphatic hydroxyl groups excluding tert-OH is 1. The number of hydrogen-bond donors (Lipinski definition) is 2. The van der Waals surface area contributed by atoms with E-state index in [4.69, 9.17) is 9.94 Å². The third-order valence-corrected chi connectivity index (χ3v) is 2.68. The Morgan fingerprint density at radius 3 is 3.00 bits per heavy atom. The Hall–Kier alpha value is -1.56. The Balaban J connectivity index is 2.09. The average Bonchev–Trinajstić information content (AvgIpc) is 2.63. The number of rotatable bonds is 2. The van der Waals surface area contributed by atoms with E-state index < -0.39 is 12.1 Å². The maximum atomic E-state index is 11.5. The molecule has 0 fully saturated rings. The predicted molar refractivity (Wildman–Crippen MR) is 53.7 cm³/mol. The molecular formula is C10H14N2O4. The molecular weight excluding hydrogens is 212 g/mol. The number of aliphatic hydroxyl groups is 1. The molecule has 0 aromatic heterocycles. The van der Waals surface area contributed by atoms with Gasteiger partial charge in [0.2, 0.25) is 5.91 Å². The molecule has 2 aliphatic rings. The lowest BCUT2D eigenvalue weighted by Crippen LogP contribution is -2.35. The average molecular weight is 226 g/mol. The van der Waals surface area contributed by atoms with Crippen LogP contribution in [0.1, 0.15) is 19.8 Å². The second kappa shape index (κ2) is 4.13. The van der Waals surface area contributed by atoms with Crippen molar-refractivity contribution in [3.05, 3.63) is 11.3 Å². The highest BCUT2D eigenvalue weighted by Gasteiger charge is 2.32. The maximum absolute atomic E-state index is 11.5. The van der Waals surface area contributed by atoms with Crippen LogP contribution in [0.3, 0.4) is 0 Å². The van der Waals surface area contributed by atoms with Crippen molar-refractivity contribution in [1.29, 1.82) is 0 Å². The van der Waals surface area contributed by atoms with Crippen LogP contribution in [-0.4, -0.2) is 41.2 Å². The minimum absolute atomic E-state index is 0.0863. The molecule has 2 heterocycles. The van der Waals surface area contributed by atoms with E-state index in [-0.39, 0.29) is 5.91 Å². The van der Waals surface area contributed by atoms with Gasteiger partial charge in [0, 0.05) is 25.0 Å². The van der Waals surface area contributed by atoms with Crippen LogP contribution in [0, 0.1) is 0 Å². The van der Waals surface area contributed by atoms with Crippen molar-refractivity contribution < 1.29 is 19.5 Å². The summed E-state index contributed by atoms with van der Waals surface area (Å²) in [6.45, 7) is 2.39. The summed E-state index contributed by atoms with van der Waals surface area (Å²) in [5.41, 5.74) is 1.45. The summed E-state index contributed by atoms with van der Waals surface area (Å²) in [4.78, 5) is 27.7. The summed E-state index contributed by atoms with van der Waals surface area (Å²) in [5.74, 6) is -0.781. The second-order valence-electron chi connectivity index (χ2n) is 3.87. The van der Waals surface area contributed by atoms with Crippen molar-refractivity contribution in [3.8, 4) is 0 Å². The van der Waals surface area contributed by atoms with Gasteiger partial charge in [0.05, 0.1) is 12.2 Å². The van der Waals surface area contributed by atoms with E-state index in [1.54, 1.807) is 0 Å². The summed E-state index contributed by atoms with van der Waals surface area (Å²) in [7, 11) is 0. The highest BCUT2D eigenvalue weighted by Crippen LogP contribution is 2.28. The van der Waals surface area contributed by atoms with Gasteiger partial charge in [-0.2, -0.15) is 0 Å². The zero-order valence-electron chi connectivity index (χ0n) is 9.02. The molecule has 0 radical (unpaired) electrons. The quantitative estimate of drug-likeness (QED) is 0.651. The molecule has 0 aliphatic carbocycles. The Kier molecular flexibility index (Phi) is 2.82. The van der Waals surface area contributed by atoms with Crippen LogP contribution in [0.5, 0.6) is 0 Å². The fourth-order valence-electron chi connectivity index (χ4n) is 1.85. The lowest BCUT2D eigenvalue weighted by Gasteiger charge is -2.23. The first-order chi connectivity index (χ1) is 7.59. The Morgan fingerprint density at radius 2 is 2.31 bits per heavy atom. The monoisotopic (exact) mass is 226 g/mol. The second-order valence-corrected chi connectivity index (χ2v) is 3.87. The first-order valence-corrected chi connectivity index (χ1v) is 5.27. The number of carbonyl (C=O) groups is 2. The van der Waals surface area contributed by atoms with Crippen molar-refractivity contribution >= 4 is 11.9 Å². The summed E-state index contributed by atoms with van der Waals surface area (Å²) < 4.78 is 0. The lowest BCUT2D eigenvalue weighted by molar-refractivity contribution is -0.189. The van der Waals surface area contributed by atoms with Crippen LogP contribution in [0.4, 0.5) is 0 Å². The number of carbonyl (C=O) groups excluding carboxylic acids is 2. The number of hydrogen-bond acceptors (Lipinski definition) is 5. The van der Waals surface area contributed by atoms with E-state index in [2.05, 4.69) is 5.32 Å². The fraction of sp³-hybridized carbons (Fsp3) is 0.600. The van der Waals surface area contributed by atoms with Crippen LogP contribution in [0.25, 0.3) is 0 Å². The Morgan fingerprint density at radius 1 is 1.56 bits per heavy atom. The Labute approximate surface area is 92.8 Å². The molecule has 6 nitrogen and oxygen atoms in total. The zero-order chi connectivity index (χ0) is 11.7. The molecule has 2 aliphatic heterocycles. The molecule has 0 saturated carbocycles. The number of nitrogens with zero attached hydrogens (tertiary/aromatic N) is 1. The van der Waals surface area contributed by atoms with Crippen LogP contribution < -0.4 is 5.32 Å². The van der Waals surface area contributed by atoms with Gasteiger partial charge in [0.1, 0.15) is 0 Å². The summed E-state index contributed by atoms with van der Waals surface area (Å²) in [6, 6.07) is 0. The first-order valence-electron chi connectivity index (χ1n) is 5.27. The number of hydroxylamine groups is 2. The maximum Gasteiger partial charge on any atom is 0.360 e. The van der Waals surface area contributed by atoms with Gasteiger partial charge in [-0.1, -0.05) is 0 Å². The molecule has 88 valence electrons. The molecule has 0 aromatic carbocycles. The number of amides is 1. The van der Waals surface area contributed by atoms with Gasteiger partial charge in [0.25, 0.3) is 0 Å². The van der Waals surface area contributed by atoms with Gasteiger partial charge in [0.15, 0.2) is 6.10 Å². The molecule has 1 amide bonds. The van der Waals surface area contributed by atoms with E-state index in [1.807, 2.05) is 0 Å². The molecule has 0 spiro atoms. The van der Waals surface area contributed by atoms with Gasteiger partial charge in [-0.15, -0.1) is 0 Å². The normalized spacial score (nSPS) is 21.6. The zero-order valence-corrected chi connectivity index (χ0v) is 9.02. The largest absolute Gasteiger partial charge is 0.382 e. The first kappa shape index (κ1) is 10.9. The molecule has 2 rings (SSSR count). The molecule has 1 unspecified atom stereocenters. The van der Waals surface area contributed by atoms with Gasteiger partial charge in [-0.3, -0.25) is 4.79 Å². The van der Waals surface area contributed by atoms with Crippen molar-refractivity contribution in [2.75, 3.05) is 13.1 Å². The third kappa shape index (κ3) is 1.88. The third-order valence-electron chi connectivity index (χ3n) is 2.68. The van der Waals surface area contributed by atoms with Crippen molar-refractivity contribution in [1.82, 2.24) is 10.4 Å². The molecule has 2 N–H and O–H groups in total. The smallest absolute Gasteiger partial charge is 0.360 e. The van der Waals surface area contributed by atoms with Gasteiger partial charge in [-0.05, 0) is 6.92 Å². The van der Waals surface area contributed by atoms with E-state index in [1.165, 1.54) is 12.0 Å². The minimum Gasteiger partial charge on any atom is -0.382 e. The van der Waals surface area contributed by atoms with E-state index >= 15 is 0 Å². The topological polar surface area (TPSA) is 78.9 Å². The standard InChI is InChI=1S/C10H14N2O4/c1-6(13)10(15)16-12-5-3-7-8(12)2-4-11-9(7)14/h6,13H,2-5H2,1H3,(H,11,14). The molecule has 0 bridgehead atoms. The van der Waals surface area contributed by atoms with Crippen LogP contribution in [0.15, 0.2) is 11.3 Å². The Bertz CT molecular complexity index is 362. The van der Waals surface area contributed by atoms with Gasteiger partial charge < -0.3 is 15.3 Å². The SMILES string of the molecule is CC(O)C(=O)ON1CCC2=C1CCNC2=O. The number of nitrogens with one attached hydrogen (secondary N) is 1. The summed E-state index contributed by atoms with van der Waals surface area (Å²) in [6.07, 6.45) is 0.0876. The molecule has 6 heteroatoms. The van der Waals surface area contributed by atoms with Gasteiger partial charge in [-0.25, -0.2) is 9.86 Å². The lowest BCUT2D eigenvalue weighted by atomic mass is 10.1. The highest BCUT2D eigenvalue weighted by molar-refractivity contribution is 5.95. The predicted octanol–water partition coefficient (Wildman–Crippen LogP) is -0.695. The van der Waals surface area contributed by atoms with Crippen molar-refractivity contribution in [3.63, 3.8) is 0 Å². The fourth-order valence-corrected chi connectivity index (χ4v) is 1.85. The van der Waals surface area contributed by atoms with Gasteiger partial charge >= 0.3 is 5.97 Å². The van der Waals surface area contributed by atoms with E-state index in [0.717, 1.165) is 5.70 Å². The van der Waals surface area contributed by atoms with E-state index in [9.17, 15) is 9.59 Å². The van der Waals surface area contributed by atoms with Crippen molar-refractivity contribution in [2.45, 2.75) is 25.9 Å². The summed E-state index contributed by atoms with van der Waals surface area (Å²) >= 11 is 0. The molecule has 0 aromatic rings. The van der Waals surface area contributed by atoms with Crippen LogP contribution in [-0.2, 0) is 14.4 Å². The van der Waals surface area contributed by atoms with Crippen molar-refractivity contribution in [2.24, 2.45) is 0 Å². The summed E-state index contributed by atoms with van der Waals surface area (Å²) in [5, 5.41) is 13.2. The molecule has 1 atom stereocenters. The van der Waals surface area contributed by atoms with Crippen LogP contribution >= 0.6 is 0 Å². The highest BCUT2D eigenvalue weighted by atomic mass is 16.7. The minimum atomic E-state index is -1.15. The molecule has 16 heavy (non-hydrogen) atoms. The van der Waals surface area contributed by atoms with E-state index in [0.29, 0.717) is 31.5 Å². The molecule has 0 saturated heterocycles.